The molecule has 70 heavy (non-hydrogen) atoms. The number of carboxylic acids is 1. The maximum atomic E-state index is 14.7. The van der Waals surface area contributed by atoms with Crippen LogP contribution in [0.2, 0.25) is 0 Å². The van der Waals surface area contributed by atoms with E-state index in [9.17, 15) is 43.5 Å². The molecular weight excluding hydrogens is 893 g/mol. The maximum Gasteiger partial charge on any atom is 0.411 e. The lowest BCUT2D eigenvalue weighted by Gasteiger charge is -2.42. The number of unbranched alkanes of at least 4 members (excludes halogenated alkanes) is 1. The predicted molar refractivity (Wildman–Crippen MR) is 274 cm³/mol. The maximum absolute atomic E-state index is 14.7. The van der Waals surface area contributed by atoms with Gasteiger partial charge in [-0.25, -0.2) is 9.59 Å². The van der Waals surface area contributed by atoms with Gasteiger partial charge in [-0.15, -0.1) is 0 Å². The van der Waals surface area contributed by atoms with E-state index in [0.29, 0.717) is 49.0 Å². The van der Waals surface area contributed by atoms with Crippen molar-refractivity contribution < 1.29 is 48.2 Å². The number of carbonyl (C=O) groups is 8. The van der Waals surface area contributed by atoms with E-state index in [1.54, 1.807) is 63.4 Å². The van der Waals surface area contributed by atoms with Crippen LogP contribution in [0.1, 0.15) is 147 Å². The van der Waals surface area contributed by atoms with Gasteiger partial charge < -0.3 is 40.8 Å². The SMILES string of the molecule is CCC(CC)C(C(=O)NC(C(=O)N(C)[C@H](/C=C(\C)C(=O)O)C(C)C)C(C)(C)C)C(C)(C)c1cccc(NC(=O)OCc2ccc(NC(=O)C(C)NC(=O)[C@@H](NC(=O)CCCCC(C)=O)C(C)C)cc2)c1. The highest BCUT2D eigenvalue weighted by Crippen LogP contribution is 2.40. The number of hydrogen-bond acceptors (Lipinski definition) is 9. The van der Waals surface area contributed by atoms with Crippen LogP contribution in [0.4, 0.5) is 16.2 Å². The van der Waals surface area contributed by atoms with Crippen molar-refractivity contribution in [2.75, 3.05) is 17.7 Å². The summed E-state index contributed by atoms with van der Waals surface area (Å²) in [5, 5.41) is 23.7. The van der Waals surface area contributed by atoms with E-state index in [1.165, 1.54) is 25.7 Å². The number of carboxylic acid groups (broad SMARTS) is 1. The van der Waals surface area contributed by atoms with Crippen molar-refractivity contribution >= 4 is 58.8 Å². The van der Waals surface area contributed by atoms with Gasteiger partial charge in [-0.1, -0.05) is 119 Å². The number of benzene rings is 2. The second-order valence-corrected chi connectivity index (χ2v) is 20.8. The lowest BCUT2D eigenvalue weighted by Crippen LogP contribution is -2.59. The smallest absolute Gasteiger partial charge is 0.411 e. The summed E-state index contributed by atoms with van der Waals surface area (Å²) in [5.41, 5.74) is 0.980. The summed E-state index contributed by atoms with van der Waals surface area (Å²) in [7, 11) is 1.64. The van der Waals surface area contributed by atoms with Crippen molar-refractivity contribution in [3.63, 3.8) is 0 Å². The number of amides is 6. The molecule has 0 saturated heterocycles. The van der Waals surface area contributed by atoms with E-state index in [1.807, 2.05) is 74.4 Å². The first-order chi connectivity index (χ1) is 32.5. The van der Waals surface area contributed by atoms with Gasteiger partial charge in [0.15, 0.2) is 0 Å². The van der Waals surface area contributed by atoms with Crippen molar-refractivity contribution in [3.05, 3.63) is 71.3 Å². The molecule has 0 aromatic heterocycles. The Hall–Kier alpha value is -6.06. The molecule has 0 saturated carbocycles. The van der Waals surface area contributed by atoms with Crippen LogP contribution in [-0.2, 0) is 50.3 Å². The minimum absolute atomic E-state index is 0.0579. The Kier molecular flexibility index (Phi) is 23.5. The Morgan fingerprint density at radius 2 is 1.33 bits per heavy atom. The largest absolute Gasteiger partial charge is 0.478 e. The van der Waals surface area contributed by atoms with Crippen LogP contribution >= 0.6 is 0 Å². The van der Waals surface area contributed by atoms with Crippen LogP contribution in [-0.4, -0.2) is 88.6 Å². The van der Waals surface area contributed by atoms with Crippen molar-refractivity contribution in [1.82, 2.24) is 20.9 Å². The lowest BCUT2D eigenvalue weighted by molar-refractivity contribution is -0.142. The van der Waals surface area contributed by atoms with Gasteiger partial charge in [-0.3, -0.25) is 29.3 Å². The molecule has 0 aliphatic heterocycles. The average Bonchev–Trinajstić information content (AvgIpc) is 3.27. The Morgan fingerprint density at radius 3 is 1.86 bits per heavy atom. The fraction of sp³-hybridized carbons (Fsp3) is 0.593. The summed E-state index contributed by atoms with van der Waals surface area (Å²) in [4.78, 5) is 105. The van der Waals surface area contributed by atoms with Crippen molar-refractivity contribution in [1.29, 1.82) is 0 Å². The first kappa shape index (κ1) is 60.1. The number of anilines is 2. The van der Waals surface area contributed by atoms with E-state index in [0.717, 1.165) is 5.56 Å². The van der Waals surface area contributed by atoms with Crippen molar-refractivity contribution in [2.45, 2.75) is 172 Å². The van der Waals surface area contributed by atoms with Crippen molar-refractivity contribution in [3.8, 4) is 0 Å². The number of Topliss-reactive ketones (excluding diaryl/α,β-unsaturated/α-hetero) is 1. The summed E-state index contributed by atoms with van der Waals surface area (Å²) < 4.78 is 5.55. The third-order valence-electron chi connectivity index (χ3n) is 12.9. The van der Waals surface area contributed by atoms with Crippen molar-refractivity contribution in [2.24, 2.45) is 29.1 Å². The number of carbonyl (C=O) groups excluding carboxylic acids is 7. The number of rotatable bonds is 26. The normalized spacial score (nSPS) is 14.2. The quantitative estimate of drug-likeness (QED) is 0.0389. The van der Waals surface area contributed by atoms with Gasteiger partial charge in [0.05, 0.1) is 6.04 Å². The zero-order valence-corrected chi connectivity index (χ0v) is 44.3. The van der Waals surface area contributed by atoms with Crippen LogP contribution in [0.15, 0.2) is 60.2 Å². The van der Waals surface area contributed by atoms with Crippen LogP contribution < -0.4 is 26.6 Å². The summed E-state index contributed by atoms with van der Waals surface area (Å²) >= 11 is 0. The molecular formula is C54H82N6O10. The van der Waals surface area contributed by atoms with Gasteiger partial charge in [-0.05, 0) is 92.2 Å². The molecule has 3 unspecified atom stereocenters. The average molecular weight is 975 g/mol. The van der Waals surface area contributed by atoms with Crippen LogP contribution in [0.3, 0.4) is 0 Å². The molecule has 2 aromatic rings. The monoisotopic (exact) mass is 975 g/mol. The molecule has 6 N–H and O–H groups in total. The van der Waals surface area contributed by atoms with Gasteiger partial charge in [-0.2, -0.15) is 0 Å². The second kappa shape index (κ2) is 27.4. The molecule has 0 bridgehead atoms. The van der Waals surface area contributed by atoms with Gasteiger partial charge in [0.25, 0.3) is 0 Å². The topological polar surface area (TPSA) is 229 Å². The molecule has 16 nitrogen and oxygen atoms in total. The number of hydrogen-bond donors (Lipinski definition) is 6. The van der Waals surface area contributed by atoms with E-state index in [-0.39, 0.29) is 59.9 Å². The Morgan fingerprint density at radius 1 is 0.729 bits per heavy atom. The van der Waals surface area contributed by atoms with Crippen LogP contribution in [0.5, 0.6) is 0 Å². The molecule has 0 aliphatic rings. The molecule has 0 spiro atoms. The standard InChI is InChI=1S/C54H82N6O10/c1-16-38(17-2)44(48(64)59-46(53(10,11)12)50(66)60(15)42(32(3)4)29-34(7)51(67)68)54(13,14)39-22-20-23-41(30-39)57-52(69)70-31-37-25-27-40(28-26-37)56-47(63)36(9)55-49(65)45(33(5)6)58-43(62)24-19-18-21-35(8)61/h20,22-23,25-30,32-33,36,38,42,44-46H,16-19,21,24,31H2,1-15H3,(H,55,65)(H,56,63)(H,57,69)(H,58,62)(H,59,64)(H,67,68)/b34-29+/t36?,42-,44?,45+,46?/m1/s1. The van der Waals surface area contributed by atoms with Gasteiger partial charge in [0.2, 0.25) is 29.5 Å². The Labute approximate surface area is 416 Å². The van der Waals surface area contributed by atoms with Gasteiger partial charge in [0, 0.05) is 48.2 Å². The van der Waals surface area contributed by atoms with E-state index >= 15 is 0 Å². The second-order valence-electron chi connectivity index (χ2n) is 20.8. The fourth-order valence-electron chi connectivity index (χ4n) is 8.43. The minimum Gasteiger partial charge on any atom is -0.478 e. The molecule has 388 valence electrons. The van der Waals surface area contributed by atoms with Gasteiger partial charge >= 0.3 is 12.1 Å². The number of aliphatic carboxylic acids is 1. The number of nitrogens with zero attached hydrogens (tertiary/aromatic N) is 1. The zero-order valence-electron chi connectivity index (χ0n) is 44.3. The summed E-state index contributed by atoms with van der Waals surface area (Å²) in [5.74, 6) is -3.88. The summed E-state index contributed by atoms with van der Waals surface area (Å²) in [6.45, 7) is 25.6. The third-order valence-corrected chi connectivity index (χ3v) is 12.9. The number of ketones is 1. The van der Waals surface area contributed by atoms with E-state index < -0.39 is 64.8 Å². The number of ether oxygens (including phenoxy) is 1. The molecule has 0 fully saturated rings. The molecule has 2 rings (SSSR count). The van der Waals surface area contributed by atoms with Crippen LogP contribution in [0.25, 0.3) is 0 Å². The van der Waals surface area contributed by atoms with E-state index in [2.05, 4.69) is 26.6 Å². The van der Waals surface area contributed by atoms with E-state index in [4.69, 9.17) is 4.74 Å². The highest BCUT2D eigenvalue weighted by atomic mass is 16.5. The molecule has 6 amide bonds. The first-order valence-electron chi connectivity index (χ1n) is 24.6. The molecule has 2 aromatic carbocycles. The molecule has 0 aliphatic carbocycles. The third kappa shape index (κ3) is 18.4. The number of nitrogens with one attached hydrogen (secondary N) is 5. The fourth-order valence-corrected chi connectivity index (χ4v) is 8.43. The minimum atomic E-state index is -1.07. The Bertz CT molecular complexity index is 2160. The molecule has 5 atom stereocenters. The van der Waals surface area contributed by atoms with Gasteiger partial charge in [0.1, 0.15) is 30.5 Å². The molecule has 16 heteroatoms. The molecule has 0 radical (unpaired) electrons. The predicted octanol–water partition coefficient (Wildman–Crippen LogP) is 8.54. The lowest BCUT2D eigenvalue weighted by atomic mass is 9.65. The summed E-state index contributed by atoms with van der Waals surface area (Å²) in [6, 6.07) is 10.7. The Balaban J connectivity index is 2.16. The highest BCUT2D eigenvalue weighted by molar-refractivity contribution is 5.98. The molecule has 0 heterocycles. The first-order valence-corrected chi connectivity index (χ1v) is 24.6. The van der Waals surface area contributed by atoms with Crippen LogP contribution in [0, 0.1) is 29.1 Å². The zero-order chi connectivity index (χ0) is 53.3. The summed E-state index contributed by atoms with van der Waals surface area (Å²) in [6.07, 6.45) is 3.96. The number of likely N-dealkylation sites (N-methyl/N-ethyl adjacent to an activating group) is 1. The highest BCUT2D eigenvalue weighted by Gasteiger charge is 2.44.